The van der Waals surface area contributed by atoms with Gasteiger partial charge in [-0.1, -0.05) is 12.1 Å². The van der Waals surface area contributed by atoms with E-state index in [1.54, 1.807) is 35.5 Å². The number of aromatic nitrogens is 2. The maximum absolute atomic E-state index is 12.7. The Balaban J connectivity index is 1.70. The van der Waals surface area contributed by atoms with Gasteiger partial charge < -0.3 is 10.2 Å². The van der Waals surface area contributed by atoms with E-state index in [4.69, 9.17) is 0 Å². The summed E-state index contributed by atoms with van der Waals surface area (Å²) < 4.78 is 0. The first-order valence-electron chi connectivity index (χ1n) is 8.07. The molecule has 0 unspecified atom stereocenters. The second-order valence-corrected chi connectivity index (χ2v) is 5.94. The lowest BCUT2D eigenvalue weighted by Crippen LogP contribution is -2.49. The van der Waals surface area contributed by atoms with Gasteiger partial charge in [0, 0.05) is 49.6 Å². The smallest absolute Gasteiger partial charge is 0.253 e. The number of amides is 2. The molecule has 1 aliphatic heterocycles. The van der Waals surface area contributed by atoms with Gasteiger partial charge in [0.25, 0.3) is 5.91 Å². The van der Waals surface area contributed by atoms with E-state index in [2.05, 4.69) is 15.3 Å². The van der Waals surface area contributed by atoms with Gasteiger partial charge in [0.15, 0.2) is 5.82 Å². The summed E-state index contributed by atoms with van der Waals surface area (Å²) in [4.78, 5) is 34.1. The third-order valence-corrected chi connectivity index (χ3v) is 4.07. The summed E-state index contributed by atoms with van der Waals surface area (Å²) in [6.07, 6.45) is 5.19. The van der Waals surface area contributed by atoms with Gasteiger partial charge in [-0.15, -0.1) is 0 Å². The van der Waals surface area contributed by atoms with Crippen LogP contribution in [0.25, 0.3) is 11.4 Å². The number of benzene rings is 1. The van der Waals surface area contributed by atoms with E-state index in [0.29, 0.717) is 17.9 Å². The van der Waals surface area contributed by atoms with Gasteiger partial charge in [-0.2, -0.15) is 0 Å². The average Bonchev–Trinajstić information content (AvgIpc) is 2.62. The quantitative estimate of drug-likeness (QED) is 0.935. The number of nitrogens with one attached hydrogen (secondary N) is 1. The lowest BCUT2D eigenvalue weighted by Gasteiger charge is -2.33. The fourth-order valence-electron chi connectivity index (χ4n) is 2.96. The van der Waals surface area contributed by atoms with Crippen LogP contribution >= 0.6 is 0 Å². The van der Waals surface area contributed by atoms with Crippen LogP contribution in [-0.4, -0.2) is 45.8 Å². The van der Waals surface area contributed by atoms with Crippen LogP contribution < -0.4 is 5.32 Å². The molecule has 1 aromatic carbocycles. The molecule has 1 N–H and O–H groups in total. The summed E-state index contributed by atoms with van der Waals surface area (Å²) in [6, 6.07) is 9.13. The van der Waals surface area contributed by atoms with Gasteiger partial charge >= 0.3 is 0 Å². The third kappa shape index (κ3) is 3.76. The van der Waals surface area contributed by atoms with Gasteiger partial charge in [0.2, 0.25) is 5.91 Å². The molecule has 2 aromatic rings. The number of rotatable bonds is 3. The zero-order valence-electron chi connectivity index (χ0n) is 13.6. The van der Waals surface area contributed by atoms with Crippen LogP contribution in [0.5, 0.6) is 0 Å². The Labute approximate surface area is 140 Å². The molecule has 0 saturated carbocycles. The second-order valence-electron chi connectivity index (χ2n) is 5.94. The van der Waals surface area contributed by atoms with E-state index in [9.17, 15) is 9.59 Å². The van der Waals surface area contributed by atoms with Crippen molar-refractivity contribution in [2.75, 3.05) is 13.1 Å². The van der Waals surface area contributed by atoms with Gasteiger partial charge in [-0.05, 0) is 31.0 Å². The fourth-order valence-corrected chi connectivity index (χ4v) is 2.96. The number of likely N-dealkylation sites (tertiary alicyclic amines) is 1. The number of carbonyl (C=O) groups excluding carboxylic acids is 2. The van der Waals surface area contributed by atoms with Gasteiger partial charge in [0.05, 0.1) is 0 Å². The summed E-state index contributed by atoms with van der Waals surface area (Å²) in [7, 11) is 0. The van der Waals surface area contributed by atoms with E-state index in [0.717, 1.165) is 24.9 Å². The van der Waals surface area contributed by atoms with Crippen LogP contribution in [0, 0.1) is 0 Å². The number of nitrogens with zero attached hydrogens (tertiary/aromatic N) is 3. The second kappa shape index (κ2) is 7.21. The summed E-state index contributed by atoms with van der Waals surface area (Å²) >= 11 is 0. The molecule has 1 aromatic heterocycles. The van der Waals surface area contributed by atoms with Crippen molar-refractivity contribution in [2.24, 2.45) is 0 Å². The minimum Gasteiger partial charge on any atom is -0.352 e. The van der Waals surface area contributed by atoms with E-state index in [-0.39, 0.29) is 17.9 Å². The van der Waals surface area contributed by atoms with Crippen molar-refractivity contribution in [3.05, 3.63) is 48.3 Å². The van der Waals surface area contributed by atoms with E-state index < -0.39 is 0 Å². The van der Waals surface area contributed by atoms with Crippen LogP contribution in [0.3, 0.4) is 0 Å². The highest BCUT2D eigenvalue weighted by Gasteiger charge is 2.24. The highest BCUT2D eigenvalue weighted by atomic mass is 16.2. The molecule has 0 aliphatic carbocycles. The summed E-state index contributed by atoms with van der Waals surface area (Å²) in [5.41, 5.74) is 1.51. The normalized spacial score (nSPS) is 17.4. The standard InChI is InChI=1S/C18H20N4O2/c1-13(23)21-16-4-2-11-22(12-16)18(24)15-7-5-14(6-8-15)17-19-9-3-10-20-17/h3,5-10,16H,2,4,11-12H2,1H3,(H,21,23)/t16-/m1/s1. The Morgan fingerprint density at radius 1 is 1.17 bits per heavy atom. The third-order valence-electron chi connectivity index (χ3n) is 4.07. The van der Waals surface area contributed by atoms with Gasteiger partial charge in [0.1, 0.15) is 0 Å². The van der Waals surface area contributed by atoms with Crippen molar-refractivity contribution in [2.45, 2.75) is 25.8 Å². The van der Waals surface area contributed by atoms with Crippen LogP contribution in [0.15, 0.2) is 42.7 Å². The molecule has 3 rings (SSSR count). The summed E-state index contributed by atoms with van der Waals surface area (Å²) in [5, 5.41) is 2.90. The van der Waals surface area contributed by atoms with Crippen LogP contribution in [0.4, 0.5) is 0 Å². The molecule has 1 atom stereocenters. The largest absolute Gasteiger partial charge is 0.352 e. The summed E-state index contributed by atoms with van der Waals surface area (Å²) in [5.74, 6) is 0.576. The van der Waals surface area contributed by atoms with Crippen LogP contribution in [0.1, 0.15) is 30.1 Å². The van der Waals surface area contributed by atoms with Crippen molar-refractivity contribution in [1.82, 2.24) is 20.2 Å². The molecular weight excluding hydrogens is 304 g/mol. The van der Waals surface area contributed by atoms with Crippen LogP contribution in [0.2, 0.25) is 0 Å². The number of hydrogen-bond donors (Lipinski definition) is 1. The zero-order chi connectivity index (χ0) is 16.9. The Morgan fingerprint density at radius 3 is 2.54 bits per heavy atom. The topological polar surface area (TPSA) is 75.2 Å². The monoisotopic (exact) mass is 324 g/mol. The molecular formula is C18H20N4O2. The molecule has 0 radical (unpaired) electrons. The van der Waals surface area contributed by atoms with Crippen molar-refractivity contribution in [3.63, 3.8) is 0 Å². The molecule has 6 nitrogen and oxygen atoms in total. The van der Waals surface area contributed by atoms with Crippen molar-refractivity contribution in [3.8, 4) is 11.4 Å². The Kier molecular flexibility index (Phi) is 4.84. The van der Waals surface area contributed by atoms with Crippen molar-refractivity contribution in [1.29, 1.82) is 0 Å². The SMILES string of the molecule is CC(=O)N[C@@H]1CCCN(C(=O)c2ccc(-c3ncccn3)cc2)C1. The highest BCUT2D eigenvalue weighted by molar-refractivity contribution is 5.94. The Morgan fingerprint density at radius 2 is 1.88 bits per heavy atom. The minimum absolute atomic E-state index is 0.00872. The molecule has 0 bridgehead atoms. The Bertz CT molecular complexity index is 716. The molecule has 0 spiro atoms. The van der Waals surface area contributed by atoms with E-state index in [1.165, 1.54) is 6.92 Å². The number of carbonyl (C=O) groups is 2. The molecule has 1 saturated heterocycles. The van der Waals surface area contributed by atoms with Crippen molar-refractivity contribution >= 4 is 11.8 Å². The molecule has 24 heavy (non-hydrogen) atoms. The molecule has 6 heteroatoms. The molecule has 124 valence electrons. The molecule has 2 amide bonds. The lowest BCUT2D eigenvalue weighted by molar-refractivity contribution is -0.120. The highest BCUT2D eigenvalue weighted by Crippen LogP contribution is 2.18. The zero-order valence-corrected chi connectivity index (χ0v) is 13.6. The summed E-state index contributed by atoms with van der Waals surface area (Å²) in [6.45, 7) is 2.78. The van der Waals surface area contributed by atoms with Gasteiger partial charge in [-0.25, -0.2) is 9.97 Å². The maximum Gasteiger partial charge on any atom is 0.253 e. The van der Waals surface area contributed by atoms with E-state index in [1.807, 2.05) is 12.1 Å². The Hall–Kier alpha value is -2.76. The predicted octanol–water partition coefficient (Wildman–Crippen LogP) is 1.88. The number of hydrogen-bond acceptors (Lipinski definition) is 4. The molecule has 1 fully saturated rings. The van der Waals surface area contributed by atoms with Gasteiger partial charge in [-0.3, -0.25) is 9.59 Å². The predicted molar refractivity (Wildman–Crippen MR) is 90.2 cm³/mol. The first-order chi connectivity index (χ1) is 11.6. The van der Waals surface area contributed by atoms with E-state index >= 15 is 0 Å². The lowest BCUT2D eigenvalue weighted by atomic mass is 10.0. The first-order valence-corrected chi connectivity index (χ1v) is 8.07. The van der Waals surface area contributed by atoms with Crippen molar-refractivity contribution < 1.29 is 9.59 Å². The fraction of sp³-hybridized carbons (Fsp3) is 0.333. The van der Waals surface area contributed by atoms with Crippen LogP contribution in [-0.2, 0) is 4.79 Å². The molecule has 1 aliphatic rings. The molecule has 2 heterocycles. The maximum atomic E-state index is 12.7. The number of piperidine rings is 1. The minimum atomic E-state index is -0.0542. The average molecular weight is 324 g/mol. The first kappa shape index (κ1) is 16.1.